The van der Waals surface area contributed by atoms with Gasteiger partial charge in [0.05, 0.1) is 0 Å². The molecule has 0 spiro atoms. The van der Waals surface area contributed by atoms with Gasteiger partial charge in [-0.15, -0.1) is 0 Å². The highest BCUT2D eigenvalue weighted by atomic mass is 16.2. The van der Waals surface area contributed by atoms with Gasteiger partial charge in [0.25, 0.3) is 5.91 Å². The maximum Gasteiger partial charge on any atom is 0.251 e. The van der Waals surface area contributed by atoms with E-state index in [1.165, 1.54) is 0 Å². The molecule has 0 aliphatic heterocycles. The van der Waals surface area contributed by atoms with Gasteiger partial charge in [0.15, 0.2) is 0 Å². The predicted octanol–water partition coefficient (Wildman–Crippen LogP) is 3.52. The first kappa shape index (κ1) is 21.2. The third-order valence-corrected chi connectivity index (χ3v) is 4.05. The molecule has 2 amide bonds. The van der Waals surface area contributed by atoms with E-state index in [-0.39, 0.29) is 11.8 Å². The fraction of sp³-hybridized carbons (Fsp3) is 0.600. The molecule has 0 heterocycles. The Morgan fingerprint density at radius 1 is 1.08 bits per heavy atom. The van der Waals surface area contributed by atoms with Crippen LogP contribution in [0.3, 0.4) is 0 Å². The topological polar surface area (TPSA) is 61.4 Å². The number of nitrogens with one attached hydrogen (secondary N) is 2. The SMILES string of the molecule is CC(C)N(CCNC(=O)c1cccc(NC(=O)C(C)(C)C)c1)C(C)C. The smallest absolute Gasteiger partial charge is 0.251 e. The van der Waals surface area contributed by atoms with E-state index in [2.05, 4.69) is 43.2 Å². The Morgan fingerprint density at radius 2 is 1.68 bits per heavy atom. The molecule has 0 fully saturated rings. The van der Waals surface area contributed by atoms with Crippen LogP contribution < -0.4 is 10.6 Å². The molecule has 0 atom stereocenters. The van der Waals surface area contributed by atoms with E-state index in [1.54, 1.807) is 24.3 Å². The van der Waals surface area contributed by atoms with E-state index in [0.29, 0.717) is 29.9 Å². The number of carbonyl (C=O) groups is 2. The zero-order chi connectivity index (χ0) is 19.2. The van der Waals surface area contributed by atoms with Gasteiger partial charge in [-0.05, 0) is 45.9 Å². The van der Waals surface area contributed by atoms with Crippen LogP contribution in [0.5, 0.6) is 0 Å². The van der Waals surface area contributed by atoms with Crippen molar-refractivity contribution in [3.8, 4) is 0 Å². The van der Waals surface area contributed by atoms with Crippen LogP contribution >= 0.6 is 0 Å². The lowest BCUT2D eigenvalue weighted by Gasteiger charge is -2.30. The van der Waals surface area contributed by atoms with Gasteiger partial charge in [-0.1, -0.05) is 26.8 Å². The molecule has 0 bridgehead atoms. The number of anilines is 1. The van der Waals surface area contributed by atoms with Gasteiger partial charge in [0, 0.05) is 41.8 Å². The number of amides is 2. The van der Waals surface area contributed by atoms with E-state index >= 15 is 0 Å². The minimum absolute atomic E-state index is 0.0745. The molecule has 0 unspecified atom stereocenters. The molecule has 2 N–H and O–H groups in total. The monoisotopic (exact) mass is 347 g/mol. The lowest BCUT2D eigenvalue weighted by atomic mass is 9.95. The van der Waals surface area contributed by atoms with Crippen LogP contribution in [0.25, 0.3) is 0 Å². The minimum Gasteiger partial charge on any atom is -0.351 e. The van der Waals surface area contributed by atoms with Crippen molar-refractivity contribution in [2.24, 2.45) is 5.41 Å². The second-order valence-electron chi connectivity index (χ2n) is 7.97. The van der Waals surface area contributed by atoms with Crippen molar-refractivity contribution in [1.29, 1.82) is 0 Å². The van der Waals surface area contributed by atoms with Crippen LogP contribution in [0, 0.1) is 5.41 Å². The number of carbonyl (C=O) groups excluding carboxylic acids is 2. The molecular formula is C20H33N3O2. The normalized spacial score (nSPS) is 11.9. The predicted molar refractivity (Wildman–Crippen MR) is 104 cm³/mol. The first-order chi connectivity index (χ1) is 11.5. The van der Waals surface area contributed by atoms with Crippen LogP contribution in [0.15, 0.2) is 24.3 Å². The summed E-state index contributed by atoms with van der Waals surface area (Å²) >= 11 is 0. The Hall–Kier alpha value is -1.88. The highest BCUT2D eigenvalue weighted by molar-refractivity contribution is 5.98. The fourth-order valence-corrected chi connectivity index (χ4v) is 2.57. The third kappa shape index (κ3) is 6.86. The van der Waals surface area contributed by atoms with Crippen LogP contribution in [0.1, 0.15) is 58.8 Å². The molecule has 1 aromatic rings. The van der Waals surface area contributed by atoms with E-state index < -0.39 is 5.41 Å². The van der Waals surface area contributed by atoms with E-state index in [9.17, 15) is 9.59 Å². The molecule has 140 valence electrons. The Kier molecular flexibility index (Phi) is 7.61. The standard InChI is InChI=1S/C20H33N3O2/c1-14(2)23(15(3)4)12-11-21-18(24)16-9-8-10-17(13-16)22-19(25)20(5,6)7/h8-10,13-15H,11-12H2,1-7H3,(H,21,24)(H,22,25). The fourth-order valence-electron chi connectivity index (χ4n) is 2.57. The average molecular weight is 348 g/mol. The first-order valence-electron chi connectivity index (χ1n) is 8.98. The Morgan fingerprint density at radius 3 is 2.20 bits per heavy atom. The molecule has 0 saturated carbocycles. The maximum absolute atomic E-state index is 12.4. The van der Waals surface area contributed by atoms with E-state index in [4.69, 9.17) is 0 Å². The van der Waals surface area contributed by atoms with Gasteiger partial charge < -0.3 is 10.6 Å². The summed E-state index contributed by atoms with van der Waals surface area (Å²) in [5.41, 5.74) is 0.709. The summed E-state index contributed by atoms with van der Waals surface area (Å²) in [5.74, 6) is -0.200. The molecular weight excluding hydrogens is 314 g/mol. The summed E-state index contributed by atoms with van der Waals surface area (Å²) in [6.45, 7) is 15.6. The molecule has 1 rings (SSSR count). The van der Waals surface area contributed by atoms with Gasteiger partial charge in [-0.3, -0.25) is 14.5 Å². The Bertz CT molecular complexity index is 581. The summed E-state index contributed by atoms with van der Waals surface area (Å²) in [6, 6.07) is 7.91. The summed E-state index contributed by atoms with van der Waals surface area (Å²) in [5, 5.41) is 5.81. The van der Waals surface area contributed by atoms with Crippen molar-refractivity contribution >= 4 is 17.5 Å². The largest absolute Gasteiger partial charge is 0.351 e. The first-order valence-corrected chi connectivity index (χ1v) is 8.98. The van der Waals surface area contributed by atoms with Crippen molar-refractivity contribution in [3.63, 3.8) is 0 Å². The molecule has 1 aromatic carbocycles. The van der Waals surface area contributed by atoms with Crippen molar-refractivity contribution in [2.75, 3.05) is 18.4 Å². The molecule has 5 heteroatoms. The van der Waals surface area contributed by atoms with Crippen LogP contribution in [-0.4, -0.2) is 41.9 Å². The van der Waals surface area contributed by atoms with E-state index in [0.717, 1.165) is 6.54 Å². The van der Waals surface area contributed by atoms with Crippen molar-refractivity contribution in [2.45, 2.75) is 60.5 Å². The lowest BCUT2D eigenvalue weighted by molar-refractivity contribution is -0.123. The van der Waals surface area contributed by atoms with E-state index in [1.807, 2.05) is 20.8 Å². The summed E-state index contributed by atoms with van der Waals surface area (Å²) in [4.78, 5) is 26.8. The highest BCUT2D eigenvalue weighted by Gasteiger charge is 2.21. The second kappa shape index (κ2) is 8.99. The Labute approximate surface area is 152 Å². The van der Waals surface area contributed by atoms with Gasteiger partial charge in [0.1, 0.15) is 0 Å². The zero-order valence-electron chi connectivity index (χ0n) is 16.6. The zero-order valence-corrected chi connectivity index (χ0v) is 16.6. The minimum atomic E-state index is -0.477. The molecule has 0 radical (unpaired) electrons. The summed E-state index contributed by atoms with van der Waals surface area (Å²) < 4.78 is 0. The lowest BCUT2D eigenvalue weighted by Crippen LogP contribution is -2.42. The molecule has 0 aromatic heterocycles. The quantitative estimate of drug-likeness (QED) is 0.793. The highest BCUT2D eigenvalue weighted by Crippen LogP contribution is 2.18. The van der Waals surface area contributed by atoms with Gasteiger partial charge >= 0.3 is 0 Å². The van der Waals surface area contributed by atoms with Gasteiger partial charge in [0.2, 0.25) is 5.91 Å². The van der Waals surface area contributed by atoms with Gasteiger partial charge in [-0.25, -0.2) is 0 Å². The summed E-state index contributed by atoms with van der Waals surface area (Å²) in [7, 11) is 0. The number of hydrogen-bond donors (Lipinski definition) is 2. The Balaban J connectivity index is 2.65. The van der Waals surface area contributed by atoms with Crippen LogP contribution in [-0.2, 0) is 4.79 Å². The van der Waals surface area contributed by atoms with Crippen molar-refractivity contribution in [1.82, 2.24) is 10.2 Å². The molecule has 0 aliphatic rings. The van der Waals surface area contributed by atoms with Crippen LogP contribution in [0.4, 0.5) is 5.69 Å². The summed E-state index contributed by atoms with van der Waals surface area (Å²) in [6.07, 6.45) is 0. The number of nitrogens with zero attached hydrogens (tertiary/aromatic N) is 1. The van der Waals surface area contributed by atoms with Gasteiger partial charge in [-0.2, -0.15) is 0 Å². The van der Waals surface area contributed by atoms with Crippen molar-refractivity contribution in [3.05, 3.63) is 29.8 Å². The second-order valence-corrected chi connectivity index (χ2v) is 7.97. The number of benzene rings is 1. The molecule has 0 saturated heterocycles. The number of hydrogen-bond acceptors (Lipinski definition) is 3. The molecule has 25 heavy (non-hydrogen) atoms. The van der Waals surface area contributed by atoms with Crippen molar-refractivity contribution < 1.29 is 9.59 Å². The maximum atomic E-state index is 12.4. The average Bonchev–Trinajstić information content (AvgIpc) is 2.49. The molecule has 0 aliphatic carbocycles. The molecule has 5 nitrogen and oxygen atoms in total. The van der Waals surface area contributed by atoms with Crippen LogP contribution in [0.2, 0.25) is 0 Å². The number of rotatable bonds is 7. The third-order valence-electron chi connectivity index (χ3n) is 4.05.